The third kappa shape index (κ3) is 9.35. The zero-order chi connectivity index (χ0) is 28.6. The Hall–Kier alpha value is 0.210. The maximum absolute atomic E-state index is 14.1. The van der Waals surface area contributed by atoms with E-state index in [1.54, 1.807) is 61.0 Å². The van der Waals surface area contributed by atoms with Gasteiger partial charge in [0.05, 0.1) is 58.0 Å². The predicted molar refractivity (Wildman–Crippen MR) is 148 cm³/mol. The topological polar surface area (TPSA) is 135 Å². The fourth-order valence-corrected chi connectivity index (χ4v) is 8.90. The first-order valence-electron chi connectivity index (χ1n) is 13.2. The molecule has 3 aliphatic rings. The zero-order valence-electron chi connectivity index (χ0n) is 24.0. The Morgan fingerprint density at radius 2 is 1.28 bits per heavy atom. The largest absolute Gasteiger partial charge is 0.373 e. The van der Waals surface area contributed by atoms with Gasteiger partial charge in [-0.2, -0.15) is 0 Å². The highest BCUT2D eigenvalue weighted by Gasteiger charge is 2.42. The third-order valence-electron chi connectivity index (χ3n) is 6.58. The lowest BCUT2D eigenvalue weighted by molar-refractivity contribution is -0.0460. The van der Waals surface area contributed by atoms with Crippen LogP contribution < -0.4 is 5.32 Å². The van der Waals surface area contributed by atoms with Crippen molar-refractivity contribution in [3.05, 3.63) is 0 Å². The minimum absolute atomic E-state index is 0.0436. The van der Waals surface area contributed by atoms with Crippen LogP contribution in [0.5, 0.6) is 0 Å². The molecule has 6 atom stereocenters. The normalized spacial score (nSPS) is 29.9. The highest BCUT2D eigenvalue weighted by atomic mass is 31.2. The smallest absolute Gasteiger partial charge is 0.345 e. The van der Waals surface area contributed by atoms with Crippen molar-refractivity contribution in [1.29, 1.82) is 0 Å². The van der Waals surface area contributed by atoms with E-state index >= 15 is 0 Å². The van der Waals surface area contributed by atoms with Crippen molar-refractivity contribution < 1.29 is 41.5 Å². The van der Waals surface area contributed by atoms with Gasteiger partial charge in [0.1, 0.15) is 0 Å². The van der Waals surface area contributed by atoms with Gasteiger partial charge in [-0.3, -0.25) is 13.7 Å². The summed E-state index contributed by atoms with van der Waals surface area (Å²) >= 11 is 0. The molecule has 0 spiro atoms. The van der Waals surface area contributed by atoms with Gasteiger partial charge in [-0.25, -0.2) is 23.4 Å². The van der Waals surface area contributed by atoms with Gasteiger partial charge in [-0.15, -0.1) is 0 Å². The summed E-state index contributed by atoms with van der Waals surface area (Å²) in [6, 6.07) is 0. The lowest BCUT2D eigenvalue weighted by Gasteiger charge is -2.42. The average molecular weight is 621 g/mol. The van der Waals surface area contributed by atoms with Gasteiger partial charge in [0.2, 0.25) is 0 Å². The Labute approximate surface area is 233 Å². The van der Waals surface area contributed by atoms with E-state index in [4.69, 9.17) is 27.8 Å². The maximum Gasteiger partial charge on any atom is 0.345 e. The molecule has 1 N–H and O–H groups in total. The second-order valence-electron chi connectivity index (χ2n) is 10.2. The van der Waals surface area contributed by atoms with E-state index < -0.39 is 35.7 Å². The van der Waals surface area contributed by atoms with Crippen molar-refractivity contribution >= 4 is 23.5 Å². The number of hydrogen-bond donors (Lipinski definition) is 1. The predicted octanol–water partition coefficient (Wildman–Crippen LogP) is 0.717. The van der Waals surface area contributed by atoms with Gasteiger partial charge in [0.15, 0.2) is 0 Å². The summed E-state index contributed by atoms with van der Waals surface area (Å²) in [6.07, 6.45) is -1.01. The van der Waals surface area contributed by atoms with Crippen LogP contribution in [0.3, 0.4) is 0 Å². The average Bonchev–Trinajstić information content (AvgIpc) is 2.93. The lowest BCUT2D eigenvalue weighted by Crippen LogP contribution is -2.47. The maximum atomic E-state index is 14.1. The molecule has 0 radical (unpaired) electrons. The molecule has 39 heavy (non-hydrogen) atoms. The molecule has 15 nitrogen and oxygen atoms in total. The van der Waals surface area contributed by atoms with Crippen LogP contribution in [0.2, 0.25) is 0 Å². The minimum atomic E-state index is -3.43. The van der Waals surface area contributed by atoms with Gasteiger partial charge in [0, 0.05) is 39.3 Å². The fourth-order valence-electron chi connectivity index (χ4n) is 4.35. The molecule has 3 saturated heterocycles. The number of rotatable bonds is 14. The number of nitrogens with zero attached hydrogens (tertiary/aromatic N) is 5. The van der Waals surface area contributed by atoms with Crippen LogP contribution in [0.15, 0.2) is 0 Å². The molecule has 3 rings (SSSR count). The van der Waals surface area contributed by atoms with Crippen LogP contribution in [0.25, 0.3) is 0 Å². The first kappa shape index (κ1) is 33.7. The summed E-state index contributed by atoms with van der Waals surface area (Å²) in [6.45, 7) is 4.54. The quantitative estimate of drug-likeness (QED) is 0.273. The van der Waals surface area contributed by atoms with E-state index in [-0.39, 0.29) is 25.9 Å². The Morgan fingerprint density at radius 1 is 0.795 bits per heavy atom. The molecule has 3 heterocycles. The van der Waals surface area contributed by atoms with E-state index in [0.29, 0.717) is 52.5 Å². The molecule has 18 heteroatoms. The molecule has 0 aromatic heterocycles. The van der Waals surface area contributed by atoms with Crippen molar-refractivity contribution in [1.82, 2.24) is 28.7 Å². The first-order valence-corrected chi connectivity index (χ1v) is 17.5. The molecule has 0 aromatic carbocycles. The van der Waals surface area contributed by atoms with Gasteiger partial charge < -0.3 is 33.1 Å². The van der Waals surface area contributed by atoms with E-state index in [2.05, 4.69) is 5.32 Å². The molecule has 3 fully saturated rings. The van der Waals surface area contributed by atoms with Crippen LogP contribution >= 0.6 is 23.5 Å². The molecule has 0 bridgehead atoms. The summed E-state index contributed by atoms with van der Waals surface area (Å²) in [5.41, 5.74) is 0. The highest BCUT2D eigenvalue weighted by Crippen LogP contribution is 2.55. The van der Waals surface area contributed by atoms with E-state index in [1.165, 1.54) is 4.67 Å². The summed E-state index contributed by atoms with van der Waals surface area (Å²) in [7, 11) is 1.15. The molecule has 230 valence electrons. The molecule has 0 saturated carbocycles. The summed E-state index contributed by atoms with van der Waals surface area (Å²) in [5, 5.41) is 3.25. The Kier molecular flexibility index (Phi) is 13.5. The van der Waals surface area contributed by atoms with Crippen molar-refractivity contribution in [2.24, 2.45) is 0 Å². The van der Waals surface area contributed by atoms with Gasteiger partial charge >= 0.3 is 15.3 Å². The Bertz CT molecular complexity index is 880. The van der Waals surface area contributed by atoms with Crippen molar-refractivity contribution in [3.8, 4) is 0 Å². The summed E-state index contributed by atoms with van der Waals surface area (Å²) in [4.78, 5) is 0. The summed E-state index contributed by atoms with van der Waals surface area (Å²) in [5.74, 6) is 0. The van der Waals surface area contributed by atoms with Gasteiger partial charge in [-0.05, 0) is 42.3 Å². The second kappa shape index (κ2) is 15.6. The number of ether oxygens (including phenoxy) is 3. The molecule has 0 aromatic rings. The number of nitrogens with one attached hydrogen (secondary N) is 1. The Balaban J connectivity index is 1.58. The van der Waals surface area contributed by atoms with Gasteiger partial charge in [-0.1, -0.05) is 0 Å². The molecule has 2 unspecified atom stereocenters. The molecule has 0 aliphatic carbocycles. The van der Waals surface area contributed by atoms with Crippen LogP contribution in [0.4, 0.5) is 0 Å². The minimum Gasteiger partial charge on any atom is -0.373 e. The molecule has 0 amide bonds. The van der Waals surface area contributed by atoms with Crippen LogP contribution in [-0.2, 0) is 41.5 Å². The molecular weight excluding hydrogens is 573 g/mol. The highest BCUT2D eigenvalue weighted by molar-refractivity contribution is 7.54. The Morgan fingerprint density at radius 3 is 1.74 bits per heavy atom. The second-order valence-corrected chi connectivity index (χ2v) is 17.2. The van der Waals surface area contributed by atoms with E-state index in [1.807, 2.05) is 0 Å². The van der Waals surface area contributed by atoms with E-state index in [0.717, 1.165) is 6.54 Å². The van der Waals surface area contributed by atoms with Crippen molar-refractivity contribution in [2.75, 3.05) is 121 Å². The molecule has 3 aliphatic heterocycles. The first-order chi connectivity index (χ1) is 18.5. The van der Waals surface area contributed by atoms with Gasteiger partial charge in [0.25, 0.3) is 8.18 Å². The van der Waals surface area contributed by atoms with Crippen molar-refractivity contribution in [2.45, 2.75) is 18.3 Å². The molecular formula is C21H47N6O9P3. The third-order valence-corrected chi connectivity index (χ3v) is 12.9. The van der Waals surface area contributed by atoms with Crippen LogP contribution in [0, 0.1) is 0 Å². The lowest BCUT2D eigenvalue weighted by atomic mass is 10.3. The van der Waals surface area contributed by atoms with Crippen molar-refractivity contribution in [3.63, 3.8) is 0 Å². The standard InChI is InChI=1S/C21H47N6O9P3/c1-23(2)37(28)34-16-20-14-26(8-11-32-20)39(30,25(5)6)36-18-21-15-27(9-12-33-21)38(29,24(3)4)35-17-19-13-22-7-10-31-19/h19-22,37H,7-18H2,1-6H3/t19-,20-,21-,38?,39-/m0/s1. The monoisotopic (exact) mass is 620 g/mol. The summed E-state index contributed by atoms with van der Waals surface area (Å²) < 4.78 is 83.1. The number of morpholine rings is 3. The zero-order valence-corrected chi connectivity index (χ0v) is 26.8. The SMILES string of the molecule is CN(C)[PH](=O)OC[C@@H]1CN([P@@](=O)(OC[C@@H]2CN(P(=O)(OC[C@@H]3CNCCO3)N(C)C)CCO2)N(C)C)CCO1. The van der Waals surface area contributed by atoms with Crippen LogP contribution in [0.1, 0.15) is 0 Å². The fraction of sp³-hybridized carbons (Fsp3) is 1.00. The van der Waals surface area contributed by atoms with Crippen LogP contribution in [-0.4, -0.2) is 163 Å². The van der Waals surface area contributed by atoms with E-state index in [9.17, 15) is 13.7 Å². The number of hydrogen-bond acceptors (Lipinski definition) is 10.